The normalized spacial score (nSPS) is 12.4. The van der Waals surface area contributed by atoms with Crippen LogP contribution in [-0.4, -0.2) is 37.2 Å². The van der Waals surface area contributed by atoms with Crippen LogP contribution in [0.1, 0.15) is 207 Å². The first-order chi connectivity index (χ1) is 25.5. The fourth-order valence-corrected chi connectivity index (χ4v) is 5.87. The second-order valence-electron chi connectivity index (χ2n) is 14.2. The van der Waals surface area contributed by atoms with Crippen molar-refractivity contribution in [2.45, 2.75) is 213 Å². The molecular weight excluding hydrogens is 648 g/mol. The summed E-state index contributed by atoms with van der Waals surface area (Å²) in [5.41, 5.74) is 0. The van der Waals surface area contributed by atoms with Gasteiger partial charge in [-0.2, -0.15) is 0 Å². The van der Waals surface area contributed by atoms with E-state index in [-0.39, 0.29) is 37.5 Å². The van der Waals surface area contributed by atoms with Crippen molar-refractivity contribution in [3.8, 4) is 0 Å². The number of carbonyl (C=O) groups is 3. The molecule has 6 heteroatoms. The predicted octanol–water partition coefficient (Wildman–Crippen LogP) is 13.6. The lowest BCUT2D eigenvalue weighted by Crippen LogP contribution is -2.30. The number of carbonyl (C=O) groups excluding carboxylic acids is 3. The topological polar surface area (TPSA) is 78.9 Å². The first kappa shape index (κ1) is 49.4. The average Bonchev–Trinajstić information content (AvgIpc) is 3.14. The molecule has 6 nitrogen and oxygen atoms in total. The van der Waals surface area contributed by atoms with Crippen LogP contribution in [0.2, 0.25) is 0 Å². The molecular formula is C46H80O6. The Hall–Kier alpha value is -2.63. The van der Waals surface area contributed by atoms with Crippen molar-refractivity contribution < 1.29 is 28.6 Å². The fraction of sp³-hybridized carbons (Fsp3) is 0.761. The molecule has 0 bridgehead atoms. The molecule has 0 fully saturated rings. The van der Waals surface area contributed by atoms with Gasteiger partial charge >= 0.3 is 17.9 Å². The first-order valence-electron chi connectivity index (χ1n) is 21.6. The number of esters is 3. The van der Waals surface area contributed by atoms with Gasteiger partial charge in [0.2, 0.25) is 0 Å². The summed E-state index contributed by atoms with van der Waals surface area (Å²) in [6.07, 6.45) is 46.8. The second kappa shape index (κ2) is 41.1. The van der Waals surface area contributed by atoms with Gasteiger partial charge in [-0.1, -0.05) is 191 Å². The summed E-state index contributed by atoms with van der Waals surface area (Å²) < 4.78 is 16.6. The lowest BCUT2D eigenvalue weighted by atomic mass is 10.0. The van der Waals surface area contributed by atoms with Gasteiger partial charge in [-0.3, -0.25) is 14.4 Å². The minimum Gasteiger partial charge on any atom is -0.462 e. The maximum absolute atomic E-state index is 12.7. The second-order valence-corrected chi connectivity index (χ2v) is 14.2. The Kier molecular flexibility index (Phi) is 39.1. The highest BCUT2D eigenvalue weighted by Crippen LogP contribution is 2.14. The Morgan fingerprint density at radius 2 is 0.750 bits per heavy atom. The number of allylic oxidation sites excluding steroid dienone is 8. The molecule has 300 valence electrons. The highest BCUT2D eigenvalue weighted by atomic mass is 16.6. The molecule has 0 aromatic rings. The van der Waals surface area contributed by atoms with Crippen LogP contribution < -0.4 is 0 Å². The van der Waals surface area contributed by atoms with Gasteiger partial charge in [0.25, 0.3) is 0 Å². The van der Waals surface area contributed by atoms with Gasteiger partial charge in [-0.15, -0.1) is 0 Å². The molecule has 0 aromatic heterocycles. The van der Waals surface area contributed by atoms with Gasteiger partial charge in [0.15, 0.2) is 6.10 Å². The summed E-state index contributed by atoms with van der Waals surface area (Å²) in [7, 11) is 0. The van der Waals surface area contributed by atoms with Crippen LogP contribution in [0.15, 0.2) is 48.6 Å². The van der Waals surface area contributed by atoms with E-state index in [4.69, 9.17) is 14.2 Å². The summed E-state index contributed by atoms with van der Waals surface area (Å²) in [5, 5.41) is 0. The Morgan fingerprint density at radius 3 is 1.17 bits per heavy atom. The summed E-state index contributed by atoms with van der Waals surface area (Å²) in [6, 6.07) is 0. The summed E-state index contributed by atoms with van der Waals surface area (Å²) in [4.78, 5) is 37.5. The molecule has 0 saturated carbocycles. The molecule has 1 unspecified atom stereocenters. The SMILES string of the molecule is CC/C=C\C/C=C\C/C=C\C/C=C\CCC(=O)OCC(COC(=O)CCCCCCCCCC)OC(=O)CCCCCCCCCCCCCCC. The van der Waals surface area contributed by atoms with Gasteiger partial charge in [0.1, 0.15) is 13.2 Å². The summed E-state index contributed by atoms with van der Waals surface area (Å²) >= 11 is 0. The molecule has 0 aliphatic rings. The predicted molar refractivity (Wildman–Crippen MR) is 219 cm³/mol. The molecule has 0 radical (unpaired) electrons. The maximum atomic E-state index is 12.7. The third-order valence-corrected chi connectivity index (χ3v) is 9.11. The quantitative estimate of drug-likeness (QED) is 0.0272. The van der Waals surface area contributed by atoms with E-state index in [0.717, 1.165) is 64.2 Å². The van der Waals surface area contributed by atoms with E-state index >= 15 is 0 Å². The molecule has 0 aromatic carbocycles. The Bertz CT molecular complexity index is 933. The maximum Gasteiger partial charge on any atom is 0.306 e. The molecule has 0 N–H and O–H groups in total. The molecule has 0 aliphatic heterocycles. The van der Waals surface area contributed by atoms with Gasteiger partial charge in [-0.25, -0.2) is 0 Å². The van der Waals surface area contributed by atoms with Crippen LogP contribution in [0.4, 0.5) is 0 Å². The smallest absolute Gasteiger partial charge is 0.306 e. The molecule has 0 saturated heterocycles. The molecule has 52 heavy (non-hydrogen) atoms. The van der Waals surface area contributed by atoms with E-state index in [1.807, 2.05) is 12.2 Å². The van der Waals surface area contributed by atoms with Gasteiger partial charge in [-0.05, 0) is 44.9 Å². The molecule has 0 heterocycles. The molecule has 1 atom stereocenters. The Morgan fingerprint density at radius 1 is 0.404 bits per heavy atom. The summed E-state index contributed by atoms with van der Waals surface area (Å²) in [6.45, 7) is 6.41. The van der Waals surface area contributed by atoms with Crippen LogP contribution in [0.5, 0.6) is 0 Å². The van der Waals surface area contributed by atoms with Crippen LogP contribution >= 0.6 is 0 Å². The number of hydrogen-bond acceptors (Lipinski definition) is 6. The van der Waals surface area contributed by atoms with Crippen molar-refractivity contribution in [2.24, 2.45) is 0 Å². The van der Waals surface area contributed by atoms with Gasteiger partial charge in [0, 0.05) is 19.3 Å². The van der Waals surface area contributed by atoms with E-state index in [9.17, 15) is 14.4 Å². The van der Waals surface area contributed by atoms with Crippen molar-refractivity contribution in [1.29, 1.82) is 0 Å². The number of ether oxygens (including phenoxy) is 3. The number of unbranched alkanes of at least 4 members (excludes halogenated alkanes) is 19. The van der Waals surface area contributed by atoms with Crippen LogP contribution in [0.3, 0.4) is 0 Å². The Balaban J connectivity index is 4.44. The highest BCUT2D eigenvalue weighted by Gasteiger charge is 2.19. The highest BCUT2D eigenvalue weighted by molar-refractivity contribution is 5.71. The van der Waals surface area contributed by atoms with Crippen LogP contribution in [0.25, 0.3) is 0 Å². The van der Waals surface area contributed by atoms with E-state index in [1.165, 1.54) is 96.3 Å². The largest absolute Gasteiger partial charge is 0.462 e. The zero-order valence-corrected chi connectivity index (χ0v) is 34.1. The monoisotopic (exact) mass is 729 g/mol. The lowest BCUT2D eigenvalue weighted by Gasteiger charge is -2.18. The number of hydrogen-bond donors (Lipinski definition) is 0. The van der Waals surface area contributed by atoms with Gasteiger partial charge in [0.05, 0.1) is 0 Å². The van der Waals surface area contributed by atoms with E-state index in [1.54, 1.807) is 0 Å². The minimum absolute atomic E-state index is 0.0929. The molecule has 0 amide bonds. The van der Waals surface area contributed by atoms with Crippen LogP contribution in [-0.2, 0) is 28.6 Å². The van der Waals surface area contributed by atoms with Crippen LogP contribution in [0, 0.1) is 0 Å². The van der Waals surface area contributed by atoms with Gasteiger partial charge < -0.3 is 14.2 Å². The van der Waals surface area contributed by atoms with Crippen molar-refractivity contribution in [2.75, 3.05) is 13.2 Å². The standard InChI is InChI=1S/C46H80O6/c1-4-7-10-13-16-19-21-23-25-27-30-33-36-39-45(48)51-42-43(41-50-44(47)38-35-32-29-18-15-12-9-6-3)52-46(49)40-37-34-31-28-26-24-22-20-17-14-11-8-5-2/h7,10,16,19,23,25,30,33,43H,4-6,8-9,11-15,17-18,20-22,24,26-29,31-32,34-42H2,1-3H3/b10-7-,19-16-,25-23-,33-30-. The zero-order valence-electron chi connectivity index (χ0n) is 34.1. The molecule has 0 spiro atoms. The van der Waals surface area contributed by atoms with E-state index in [2.05, 4.69) is 57.2 Å². The van der Waals surface area contributed by atoms with Crippen molar-refractivity contribution in [3.05, 3.63) is 48.6 Å². The average molecular weight is 729 g/mol. The molecule has 0 aliphatic carbocycles. The third kappa shape index (κ3) is 38.6. The third-order valence-electron chi connectivity index (χ3n) is 9.11. The zero-order chi connectivity index (χ0) is 38.0. The van der Waals surface area contributed by atoms with Crippen molar-refractivity contribution in [3.63, 3.8) is 0 Å². The van der Waals surface area contributed by atoms with E-state index < -0.39 is 6.10 Å². The summed E-state index contributed by atoms with van der Waals surface area (Å²) in [5.74, 6) is -0.984. The number of rotatable bonds is 38. The molecule has 0 rings (SSSR count). The Labute approximate surface area is 320 Å². The fourth-order valence-electron chi connectivity index (χ4n) is 5.87. The van der Waals surface area contributed by atoms with E-state index in [0.29, 0.717) is 19.3 Å². The van der Waals surface area contributed by atoms with Crippen molar-refractivity contribution >= 4 is 17.9 Å². The van der Waals surface area contributed by atoms with Crippen molar-refractivity contribution in [1.82, 2.24) is 0 Å². The first-order valence-corrected chi connectivity index (χ1v) is 21.6. The lowest BCUT2D eigenvalue weighted by molar-refractivity contribution is -0.166. The minimum atomic E-state index is -0.793.